The number of aryl methyl sites for hydroxylation is 1. The zero-order valence-corrected chi connectivity index (χ0v) is 20.0. The maximum atomic E-state index is 13.6. The first kappa shape index (κ1) is 24.0. The van der Waals surface area contributed by atoms with Crippen LogP contribution in [0.25, 0.3) is 6.20 Å². The second-order valence-electron chi connectivity index (χ2n) is 8.94. The van der Waals surface area contributed by atoms with Crippen LogP contribution in [-0.2, 0) is 19.3 Å². The van der Waals surface area contributed by atoms with Crippen molar-refractivity contribution in [3.8, 4) is 0 Å². The Morgan fingerprint density at radius 1 is 1.06 bits per heavy atom. The molecule has 11 heteroatoms. The molecule has 1 saturated heterocycles. The SMILES string of the molecule is Cc1cc(C(F)(F)F)nn1C=CN1CCC(c2nc(C3NCc4ccc(F)cc4CN3)cs2)CC1. The number of hydrogen-bond donors (Lipinski definition) is 2. The van der Waals surface area contributed by atoms with Gasteiger partial charge in [-0.2, -0.15) is 18.3 Å². The zero-order valence-electron chi connectivity index (χ0n) is 19.1. The lowest BCUT2D eigenvalue weighted by atomic mass is 9.98. The van der Waals surface area contributed by atoms with Crippen LogP contribution in [0.1, 0.15) is 58.1 Å². The molecule has 2 N–H and O–H groups in total. The fraction of sp³-hybridized carbons (Fsp3) is 0.417. The second-order valence-corrected chi connectivity index (χ2v) is 9.83. The smallest absolute Gasteiger partial charge is 0.376 e. The van der Waals surface area contributed by atoms with Crippen molar-refractivity contribution in [3.63, 3.8) is 0 Å². The molecular formula is C24H26F4N6S. The first-order valence-corrected chi connectivity index (χ1v) is 12.4. The van der Waals surface area contributed by atoms with Gasteiger partial charge in [-0.05, 0) is 49.1 Å². The summed E-state index contributed by atoms with van der Waals surface area (Å²) in [4.78, 5) is 7.00. The minimum Gasteiger partial charge on any atom is -0.376 e. The van der Waals surface area contributed by atoms with Gasteiger partial charge in [0.05, 0.1) is 10.7 Å². The third kappa shape index (κ3) is 5.41. The molecule has 0 bridgehead atoms. The number of nitrogens with zero attached hydrogens (tertiary/aromatic N) is 4. The molecular weight excluding hydrogens is 480 g/mol. The van der Waals surface area contributed by atoms with Gasteiger partial charge in [0, 0.05) is 55.6 Å². The molecule has 0 aliphatic carbocycles. The topological polar surface area (TPSA) is 58.0 Å². The summed E-state index contributed by atoms with van der Waals surface area (Å²) in [5, 5.41) is 13.7. The molecule has 3 aromatic rings. The number of benzene rings is 1. The van der Waals surface area contributed by atoms with Crippen LogP contribution in [0.5, 0.6) is 0 Å². The van der Waals surface area contributed by atoms with Crippen LogP contribution >= 0.6 is 11.3 Å². The molecule has 0 spiro atoms. The quantitative estimate of drug-likeness (QED) is 0.488. The maximum absolute atomic E-state index is 13.6. The van der Waals surface area contributed by atoms with Gasteiger partial charge in [0.15, 0.2) is 5.69 Å². The number of halogens is 4. The Labute approximate surface area is 204 Å². The number of hydrogen-bond acceptors (Lipinski definition) is 6. The van der Waals surface area contributed by atoms with Gasteiger partial charge in [0.1, 0.15) is 12.0 Å². The summed E-state index contributed by atoms with van der Waals surface area (Å²) >= 11 is 1.65. The molecule has 2 aromatic heterocycles. The second kappa shape index (κ2) is 9.71. The zero-order chi connectivity index (χ0) is 24.6. The molecule has 0 amide bonds. The van der Waals surface area contributed by atoms with Crippen LogP contribution in [0.2, 0.25) is 0 Å². The van der Waals surface area contributed by atoms with Crippen molar-refractivity contribution in [2.45, 2.75) is 51.1 Å². The fourth-order valence-electron chi connectivity index (χ4n) is 4.49. The average Bonchev–Trinajstić information content (AvgIpc) is 3.40. The average molecular weight is 507 g/mol. The number of alkyl halides is 3. The fourth-order valence-corrected chi connectivity index (χ4v) is 5.50. The number of piperidine rings is 1. The van der Waals surface area contributed by atoms with Crippen LogP contribution in [-0.4, -0.2) is 32.8 Å². The highest BCUT2D eigenvalue weighted by molar-refractivity contribution is 7.09. The number of likely N-dealkylation sites (tertiary alicyclic amines) is 1. The predicted octanol–water partition coefficient (Wildman–Crippen LogP) is 5.01. The van der Waals surface area contributed by atoms with E-state index in [-0.39, 0.29) is 12.0 Å². The van der Waals surface area contributed by atoms with Gasteiger partial charge in [-0.1, -0.05) is 6.07 Å². The molecule has 1 atom stereocenters. The Morgan fingerprint density at radius 3 is 2.51 bits per heavy atom. The molecule has 2 aliphatic rings. The van der Waals surface area contributed by atoms with Crippen LogP contribution in [0, 0.1) is 12.7 Å². The molecule has 4 heterocycles. The van der Waals surface area contributed by atoms with E-state index >= 15 is 0 Å². The van der Waals surface area contributed by atoms with Crippen molar-refractivity contribution in [2.75, 3.05) is 13.1 Å². The van der Waals surface area contributed by atoms with Gasteiger partial charge in [0.2, 0.25) is 0 Å². The Bertz CT molecular complexity index is 1210. The molecule has 0 saturated carbocycles. The Morgan fingerprint density at radius 2 is 1.80 bits per heavy atom. The first-order chi connectivity index (χ1) is 16.8. The standard InChI is InChI=1S/C24H26F4N6S/c1-15-10-21(24(26,27)28)32-34(15)9-8-33-6-4-16(5-7-33)23-31-20(14-35-23)22-29-12-17-2-3-19(25)11-18(17)13-30-22/h2-3,8-11,14,16,22,29-30H,4-7,12-13H2,1H3. The number of aromatic nitrogens is 3. The van der Waals surface area contributed by atoms with Crippen molar-refractivity contribution >= 4 is 17.5 Å². The third-order valence-electron chi connectivity index (χ3n) is 6.51. The summed E-state index contributed by atoms with van der Waals surface area (Å²) in [5.41, 5.74) is 2.53. The van der Waals surface area contributed by atoms with E-state index in [0.29, 0.717) is 24.7 Å². The lowest BCUT2D eigenvalue weighted by Gasteiger charge is -2.30. The molecule has 0 radical (unpaired) electrons. The van der Waals surface area contributed by atoms with Crippen molar-refractivity contribution < 1.29 is 17.6 Å². The van der Waals surface area contributed by atoms with Gasteiger partial charge < -0.3 is 4.90 Å². The molecule has 6 nitrogen and oxygen atoms in total. The molecule has 1 aromatic carbocycles. The first-order valence-electron chi connectivity index (χ1n) is 11.5. The Kier molecular flexibility index (Phi) is 6.65. The lowest BCUT2D eigenvalue weighted by molar-refractivity contribution is -0.141. The van der Waals surface area contributed by atoms with Crippen molar-refractivity contribution in [3.05, 3.63) is 74.9 Å². The predicted molar refractivity (Wildman–Crippen MR) is 126 cm³/mol. The van der Waals surface area contributed by atoms with E-state index in [1.54, 1.807) is 30.5 Å². The molecule has 1 unspecified atom stereocenters. The minimum atomic E-state index is -4.45. The molecule has 186 valence electrons. The summed E-state index contributed by atoms with van der Waals surface area (Å²) < 4.78 is 53.4. The molecule has 5 rings (SSSR count). The van der Waals surface area contributed by atoms with Gasteiger partial charge >= 0.3 is 6.18 Å². The molecule has 2 aliphatic heterocycles. The third-order valence-corrected chi connectivity index (χ3v) is 7.53. The number of thiazole rings is 1. The van der Waals surface area contributed by atoms with Gasteiger partial charge in [0.25, 0.3) is 0 Å². The number of rotatable bonds is 4. The van der Waals surface area contributed by atoms with E-state index in [0.717, 1.165) is 53.8 Å². The summed E-state index contributed by atoms with van der Waals surface area (Å²) in [6, 6.07) is 5.92. The summed E-state index contributed by atoms with van der Waals surface area (Å²) in [6.07, 6.45) is 0.679. The van der Waals surface area contributed by atoms with E-state index in [4.69, 9.17) is 4.98 Å². The van der Waals surface area contributed by atoms with E-state index in [9.17, 15) is 17.6 Å². The largest absolute Gasteiger partial charge is 0.435 e. The van der Waals surface area contributed by atoms with Crippen molar-refractivity contribution in [2.24, 2.45) is 0 Å². The highest BCUT2D eigenvalue weighted by Crippen LogP contribution is 2.32. The molecule has 1 fully saturated rings. The highest BCUT2D eigenvalue weighted by atomic mass is 32.1. The van der Waals surface area contributed by atoms with Crippen LogP contribution in [0.4, 0.5) is 17.6 Å². The van der Waals surface area contributed by atoms with E-state index in [1.165, 1.54) is 10.7 Å². The van der Waals surface area contributed by atoms with Crippen LogP contribution in [0.3, 0.4) is 0 Å². The van der Waals surface area contributed by atoms with Gasteiger partial charge in [-0.15, -0.1) is 11.3 Å². The summed E-state index contributed by atoms with van der Waals surface area (Å²) in [6.45, 7) is 4.41. The van der Waals surface area contributed by atoms with Crippen molar-refractivity contribution in [1.29, 1.82) is 0 Å². The highest BCUT2D eigenvalue weighted by Gasteiger charge is 2.34. The monoisotopic (exact) mass is 506 g/mol. The van der Waals surface area contributed by atoms with Gasteiger partial charge in [-0.25, -0.2) is 14.1 Å². The maximum Gasteiger partial charge on any atom is 0.435 e. The van der Waals surface area contributed by atoms with Gasteiger partial charge in [-0.3, -0.25) is 10.6 Å². The van der Waals surface area contributed by atoms with E-state index in [1.807, 2.05) is 12.3 Å². The van der Waals surface area contributed by atoms with E-state index < -0.39 is 11.9 Å². The number of nitrogens with one attached hydrogen (secondary N) is 2. The van der Waals surface area contributed by atoms with Crippen LogP contribution < -0.4 is 10.6 Å². The van der Waals surface area contributed by atoms with Crippen molar-refractivity contribution in [1.82, 2.24) is 30.3 Å². The Hall–Kier alpha value is -2.76. The minimum absolute atomic E-state index is 0.0996. The summed E-state index contributed by atoms with van der Waals surface area (Å²) in [7, 11) is 0. The number of fused-ring (bicyclic) bond motifs is 1. The normalized spacial score (nSPS) is 19.8. The lowest BCUT2D eigenvalue weighted by Crippen LogP contribution is -2.31. The summed E-state index contributed by atoms with van der Waals surface area (Å²) in [5.74, 6) is 0.116. The van der Waals surface area contributed by atoms with E-state index in [2.05, 4.69) is 26.0 Å². The molecule has 35 heavy (non-hydrogen) atoms. The van der Waals surface area contributed by atoms with Crippen LogP contribution in [0.15, 0.2) is 35.8 Å². The Balaban J connectivity index is 1.16.